The van der Waals surface area contributed by atoms with Crippen molar-refractivity contribution in [3.8, 4) is 5.82 Å². The number of hydrogen-bond donors (Lipinski definition) is 2. The van der Waals surface area contributed by atoms with Crippen molar-refractivity contribution in [2.75, 3.05) is 11.6 Å². The average Bonchev–Trinajstić information content (AvgIpc) is 3.43. The van der Waals surface area contributed by atoms with E-state index in [4.69, 9.17) is 6.57 Å². The lowest BCUT2D eigenvalue weighted by Gasteiger charge is -2.27. The number of carbonyl (C=O) groups is 1. The van der Waals surface area contributed by atoms with E-state index in [2.05, 4.69) is 25.4 Å². The molecule has 0 bridgehead atoms. The normalized spacial score (nSPS) is 14.8. The highest BCUT2D eigenvalue weighted by molar-refractivity contribution is 7.98. The Labute approximate surface area is 205 Å². The number of thioether (sulfide) groups is 1. The number of nitrogens with one attached hydrogen (secondary N) is 2. The second-order valence-electron chi connectivity index (χ2n) is 8.62. The van der Waals surface area contributed by atoms with Gasteiger partial charge in [-0.1, -0.05) is 68.1 Å². The maximum atomic E-state index is 13.3. The van der Waals surface area contributed by atoms with E-state index in [1.54, 1.807) is 12.1 Å². The van der Waals surface area contributed by atoms with Gasteiger partial charge >= 0.3 is 0 Å². The van der Waals surface area contributed by atoms with Gasteiger partial charge in [-0.05, 0) is 36.3 Å². The van der Waals surface area contributed by atoms with Crippen molar-refractivity contribution in [3.05, 3.63) is 71.8 Å². The van der Waals surface area contributed by atoms with E-state index < -0.39 is 0 Å². The summed E-state index contributed by atoms with van der Waals surface area (Å²) in [7, 11) is 0. The number of amides is 1. The zero-order valence-electron chi connectivity index (χ0n) is 19.4. The fourth-order valence-corrected chi connectivity index (χ4v) is 4.74. The lowest BCUT2D eigenvalue weighted by Crippen LogP contribution is -2.41. The molecule has 34 heavy (non-hydrogen) atoms. The van der Waals surface area contributed by atoms with Crippen molar-refractivity contribution in [1.82, 2.24) is 19.9 Å². The maximum Gasteiger partial charge on any atom is 0.242 e. The van der Waals surface area contributed by atoms with Crippen LogP contribution in [0, 0.1) is 12.5 Å². The molecule has 1 amide bonds. The molecule has 1 fully saturated rings. The lowest BCUT2D eigenvalue weighted by atomic mass is 9.84. The number of anilines is 1. The zero-order valence-corrected chi connectivity index (χ0v) is 20.2. The minimum atomic E-state index is -0.382. The number of benzene rings is 1. The van der Waals surface area contributed by atoms with Crippen LogP contribution in [0.25, 0.3) is 10.7 Å². The van der Waals surface area contributed by atoms with E-state index in [1.807, 2.05) is 53.5 Å². The molecule has 0 radical (unpaired) electrons. The molecule has 3 aromatic rings. The Hall–Kier alpha value is -3.31. The van der Waals surface area contributed by atoms with E-state index in [0.717, 1.165) is 30.6 Å². The number of carbonyl (C=O) groups excluding carboxylic acids is 1. The van der Waals surface area contributed by atoms with Gasteiger partial charge in [-0.3, -0.25) is 4.79 Å². The van der Waals surface area contributed by atoms with Gasteiger partial charge in [-0.2, -0.15) is 0 Å². The van der Waals surface area contributed by atoms with Crippen molar-refractivity contribution in [1.29, 1.82) is 0 Å². The van der Waals surface area contributed by atoms with Crippen molar-refractivity contribution < 1.29 is 4.79 Å². The third-order valence-electron chi connectivity index (χ3n) is 6.21. The van der Waals surface area contributed by atoms with Gasteiger partial charge < -0.3 is 15.2 Å². The van der Waals surface area contributed by atoms with E-state index in [-0.39, 0.29) is 11.9 Å². The maximum absolute atomic E-state index is 13.3. The minimum Gasteiger partial charge on any atom is -0.358 e. The molecule has 2 N–H and O–H groups in total. The molecule has 0 aliphatic heterocycles. The van der Waals surface area contributed by atoms with Gasteiger partial charge in [0, 0.05) is 25.0 Å². The smallest absolute Gasteiger partial charge is 0.242 e. The highest BCUT2D eigenvalue weighted by Gasteiger charge is 2.25. The van der Waals surface area contributed by atoms with Crippen molar-refractivity contribution in [2.45, 2.75) is 56.3 Å². The van der Waals surface area contributed by atoms with Crippen LogP contribution in [-0.2, 0) is 11.3 Å². The number of rotatable bonds is 9. The third-order valence-corrected chi connectivity index (χ3v) is 6.76. The van der Waals surface area contributed by atoms with Crippen LogP contribution in [0.15, 0.2) is 60.0 Å². The molecule has 8 heteroatoms. The molecule has 0 saturated heterocycles. The Kier molecular flexibility index (Phi) is 8.21. The van der Waals surface area contributed by atoms with E-state index in [0.29, 0.717) is 29.1 Å². The van der Waals surface area contributed by atoms with Crippen LogP contribution in [0.2, 0.25) is 0 Å². The van der Waals surface area contributed by atoms with Gasteiger partial charge in [0.15, 0.2) is 10.8 Å². The molecule has 1 atom stereocenters. The molecule has 1 saturated carbocycles. The third kappa shape index (κ3) is 6.39. The summed E-state index contributed by atoms with van der Waals surface area (Å²) in [6.07, 6.45) is 12.7. The predicted octanol–water partition coefficient (Wildman–Crippen LogP) is 5.61. The molecule has 0 spiro atoms. The molecule has 2 aromatic heterocycles. The summed E-state index contributed by atoms with van der Waals surface area (Å²) in [6, 6.07) is 12.7. The summed E-state index contributed by atoms with van der Waals surface area (Å²) < 4.78 is 1.94. The monoisotopic (exact) mass is 474 g/mol. The van der Waals surface area contributed by atoms with E-state index >= 15 is 0 Å². The highest BCUT2D eigenvalue weighted by Crippen LogP contribution is 2.28. The largest absolute Gasteiger partial charge is 0.358 e. The molecule has 4 rings (SSSR count). The quantitative estimate of drug-likeness (QED) is 0.240. The van der Waals surface area contributed by atoms with Crippen LogP contribution in [0.5, 0.6) is 0 Å². The highest BCUT2D eigenvalue weighted by atomic mass is 32.2. The Morgan fingerprint density at radius 1 is 1.18 bits per heavy atom. The molecule has 1 aliphatic rings. The fourth-order valence-electron chi connectivity index (χ4n) is 4.36. The van der Waals surface area contributed by atoms with Gasteiger partial charge in [0.05, 0.1) is 6.57 Å². The molecule has 7 nitrogen and oxygen atoms in total. The van der Waals surface area contributed by atoms with Gasteiger partial charge in [0.25, 0.3) is 0 Å². The van der Waals surface area contributed by atoms with E-state index in [9.17, 15) is 4.79 Å². The molecule has 176 valence electrons. The summed E-state index contributed by atoms with van der Waals surface area (Å²) in [5, 5.41) is 7.17. The summed E-state index contributed by atoms with van der Waals surface area (Å²) >= 11 is 1.48. The Morgan fingerprint density at radius 3 is 2.59 bits per heavy atom. The SMILES string of the molecule is [C-]#[N+]c1ccc(CNC(=O)[C@@H](CC2CCCCC2)Nc2cc(-n3cccc3)nc(SC)n2)cc1. The Balaban J connectivity index is 1.51. The standard InChI is InChI=1S/C26H30N6OS/c1-27-21-12-10-20(11-13-21)18-28-25(33)22(16-19-8-4-3-5-9-19)29-23-17-24(31-26(30-23)34-2)32-14-6-7-15-32/h6-7,10-15,17,19,22H,3-5,8-9,16,18H2,2H3,(H,28,33)(H,29,30,31)/t22-/m1/s1. The summed E-state index contributed by atoms with van der Waals surface area (Å²) in [5.74, 6) is 1.91. The van der Waals surface area contributed by atoms with Crippen molar-refractivity contribution in [2.24, 2.45) is 5.92 Å². The molecule has 1 aliphatic carbocycles. The molecular weight excluding hydrogens is 444 g/mol. The van der Waals surface area contributed by atoms with Crippen LogP contribution < -0.4 is 10.6 Å². The molecule has 0 unspecified atom stereocenters. The second kappa shape index (κ2) is 11.7. The van der Waals surface area contributed by atoms with Crippen LogP contribution in [0.3, 0.4) is 0 Å². The molecule has 2 heterocycles. The first kappa shape index (κ1) is 23.8. The van der Waals surface area contributed by atoms with Crippen LogP contribution in [-0.4, -0.2) is 32.7 Å². The first-order valence-electron chi connectivity index (χ1n) is 11.7. The van der Waals surface area contributed by atoms with Crippen LogP contribution in [0.1, 0.15) is 44.1 Å². The summed E-state index contributed by atoms with van der Waals surface area (Å²) in [5.41, 5.74) is 1.57. The van der Waals surface area contributed by atoms with Gasteiger partial charge in [0.1, 0.15) is 17.7 Å². The summed E-state index contributed by atoms with van der Waals surface area (Å²) in [6.45, 7) is 7.52. The topological polar surface area (TPSA) is 76.2 Å². The van der Waals surface area contributed by atoms with Gasteiger partial charge in [0.2, 0.25) is 5.91 Å². The van der Waals surface area contributed by atoms with Crippen LogP contribution >= 0.6 is 11.8 Å². The first-order valence-corrected chi connectivity index (χ1v) is 12.9. The van der Waals surface area contributed by atoms with Crippen molar-refractivity contribution in [3.63, 3.8) is 0 Å². The first-order chi connectivity index (χ1) is 16.6. The summed E-state index contributed by atoms with van der Waals surface area (Å²) in [4.78, 5) is 26.0. The zero-order chi connectivity index (χ0) is 23.8. The van der Waals surface area contributed by atoms with E-state index in [1.165, 1.54) is 31.0 Å². The van der Waals surface area contributed by atoms with Crippen LogP contribution in [0.4, 0.5) is 11.5 Å². The molecule has 1 aromatic carbocycles. The average molecular weight is 475 g/mol. The Morgan fingerprint density at radius 2 is 1.91 bits per heavy atom. The fraction of sp³-hybridized carbons (Fsp3) is 0.385. The van der Waals surface area contributed by atoms with Gasteiger partial charge in [-0.15, -0.1) is 0 Å². The minimum absolute atomic E-state index is 0.0355. The number of nitrogens with zero attached hydrogens (tertiary/aromatic N) is 4. The van der Waals surface area contributed by atoms with Gasteiger partial charge in [-0.25, -0.2) is 14.8 Å². The Bertz CT molecular complexity index is 1120. The number of aromatic nitrogens is 3. The lowest BCUT2D eigenvalue weighted by molar-refractivity contribution is -0.122. The molecular formula is C26H30N6OS. The van der Waals surface area contributed by atoms with Crippen molar-refractivity contribution >= 4 is 29.2 Å². The number of hydrogen-bond acceptors (Lipinski definition) is 5. The predicted molar refractivity (Wildman–Crippen MR) is 136 cm³/mol. The second-order valence-corrected chi connectivity index (χ2v) is 9.39.